The van der Waals surface area contributed by atoms with Crippen LogP contribution >= 0.6 is 35.5 Å². The quantitative estimate of drug-likeness (QED) is 0.331. The molecule has 0 amide bonds. The summed E-state index contributed by atoms with van der Waals surface area (Å²) in [5.74, 6) is 2.01. The predicted molar refractivity (Wildman–Crippen MR) is 123 cm³/mol. The van der Waals surface area contributed by atoms with Crippen LogP contribution in [0.3, 0.4) is 0 Å². The molecule has 154 valence electrons. The number of guanidine groups is 1. The maximum absolute atomic E-state index is 5.26. The Hall–Kier alpha value is -0.680. The second-order valence-corrected chi connectivity index (χ2v) is 7.96. The number of ether oxygens (including phenoxy) is 1. The third-order valence-electron chi connectivity index (χ3n) is 5.32. The molecule has 1 aliphatic heterocycles. The van der Waals surface area contributed by atoms with Crippen LogP contribution in [0.4, 0.5) is 5.13 Å². The number of rotatable bonds is 8. The Kier molecular flexibility index (Phi) is 9.00. The van der Waals surface area contributed by atoms with Crippen LogP contribution in [-0.2, 0) is 11.2 Å². The average molecular weight is 508 g/mol. The van der Waals surface area contributed by atoms with Crippen molar-refractivity contribution in [3.8, 4) is 0 Å². The van der Waals surface area contributed by atoms with E-state index in [1.165, 1.54) is 24.4 Å². The number of anilines is 1. The van der Waals surface area contributed by atoms with Crippen molar-refractivity contribution in [3.63, 3.8) is 0 Å². The first-order valence-corrected chi connectivity index (χ1v) is 10.6. The summed E-state index contributed by atoms with van der Waals surface area (Å²) < 4.78 is 9.67. The van der Waals surface area contributed by atoms with Crippen LogP contribution in [0.5, 0.6) is 0 Å². The Morgan fingerprint density at radius 2 is 2.00 bits per heavy atom. The first kappa shape index (κ1) is 22.6. The van der Waals surface area contributed by atoms with Crippen molar-refractivity contribution in [2.75, 3.05) is 57.9 Å². The normalized spacial score (nSPS) is 19.0. The molecular formula is C18H33IN6OS. The molecule has 27 heavy (non-hydrogen) atoms. The van der Waals surface area contributed by atoms with Gasteiger partial charge in [-0.25, -0.2) is 4.98 Å². The highest BCUT2D eigenvalue weighted by Crippen LogP contribution is 2.49. The van der Waals surface area contributed by atoms with Gasteiger partial charge in [-0.2, -0.15) is 4.37 Å². The molecule has 7 nitrogen and oxygen atoms in total. The number of halogens is 1. The van der Waals surface area contributed by atoms with Gasteiger partial charge >= 0.3 is 0 Å². The summed E-state index contributed by atoms with van der Waals surface area (Å²) in [5, 5.41) is 4.53. The lowest BCUT2D eigenvalue weighted by Gasteiger charge is -2.36. The number of hydrogen-bond acceptors (Lipinski definition) is 6. The van der Waals surface area contributed by atoms with Gasteiger partial charge in [0.25, 0.3) is 0 Å². The Morgan fingerprint density at radius 1 is 1.26 bits per heavy atom. The molecule has 1 saturated heterocycles. The zero-order valence-corrected chi connectivity index (χ0v) is 19.9. The van der Waals surface area contributed by atoms with Gasteiger partial charge in [-0.3, -0.25) is 4.99 Å². The van der Waals surface area contributed by atoms with Gasteiger partial charge < -0.3 is 19.9 Å². The minimum absolute atomic E-state index is 0. The molecule has 0 radical (unpaired) electrons. The van der Waals surface area contributed by atoms with Crippen molar-refractivity contribution >= 4 is 46.6 Å². The van der Waals surface area contributed by atoms with Gasteiger partial charge in [-0.15, -0.1) is 24.0 Å². The Balaban J connectivity index is 0.00000261. The average Bonchev–Trinajstić information content (AvgIpc) is 3.28. The number of aliphatic imine (C=N–C) groups is 1. The fraction of sp³-hybridized carbons (Fsp3) is 0.833. The van der Waals surface area contributed by atoms with Crippen LogP contribution < -0.4 is 10.2 Å². The molecule has 3 rings (SSSR count). The van der Waals surface area contributed by atoms with Crippen molar-refractivity contribution in [3.05, 3.63) is 5.82 Å². The van der Waals surface area contributed by atoms with E-state index in [-0.39, 0.29) is 24.0 Å². The lowest BCUT2D eigenvalue weighted by molar-refractivity contribution is 0.174. The summed E-state index contributed by atoms with van der Waals surface area (Å²) in [6.07, 6.45) is 4.59. The van der Waals surface area contributed by atoms with E-state index < -0.39 is 0 Å². The van der Waals surface area contributed by atoms with Crippen molar-refractivity contribution in [2.45, 2.75) is 39.5 Å². The van der Waals surface area contributed by atoms with E-state index in [0.29, 0.717) is 5.41 Å². The SMILES string of the molecule is CCNC(=NCC1(CCOC)CC1)N1CCN(c2nc(CC)ns2)CC1.I. The molecule has 0 atom stereocenters. The third kappa shape index (κ3) is 6.15. The molecule has 2 fully saturated rings. The number of hydrogen-bond donors (Lipinski definition) is 1. The first-order valence-electron chi connectivity index (χ1n) is 9.79. The molecule has 1 aromatic rings. The van der Waals surface area contributed by atoms with Crippen LogP contribution in [-0.4, -0.2) is 73.2 Å². The fourth-order valence-electron chi connectivity index (χ4n) is 3.28. The lowest BCUT2D eigenvalue weighted by atomic mass is 10.0. The van der Waals surface area contributed by atoms with Crippen molar-refractivity contribution in [1.82, 2.24) is 19.6 Å². The standard InChI is InChI=1S/C18H32N6OS.HI/c1-4-15-21-17(26-22-15)24-11-9-23(10-12-24)16(19-5-2)20-14-18(6-7-18)8-13-25-3;/h4-14H2,1-3H3,(H,19,20);1H. The van der Waals surface area contributed by atoms with E-state index in [1.54, 1.807) is 7.11 Å². The van der Waals surface area contributed by atoms with Crippen LogP contribution in [0.15, 0.2) is 4.99 Å². The topological polar surface area (TPSA) is 65.9 Å². The maximum Gasteiger partial charge on any atom is 0.205 e. The second kappa shape index (κ2) is 10.8. The zero-order chi connectivity index (χ0) is 18.4. The molecule has 2 heterocycles. The molecule has 1 aliphatic carbocycles. The van der Waals surface area contributed by atoms with Gasteiger partial charge in [-0.05, 0) is 31.6 Å². The predicted octanol–water partition coefficient (Wildman–Crippen LogP) is 2.62. The van der Waals surface area contributed by atoms with E-state index in [1.807, 2.05) is 0 Å². The van der Waals surface area contributed by atoms with Crippen LogP contribution in [0, 0.1) is 5.41 Å². The largest absolute Gasteiger partial charge is 0.385 e. The van der Waals surface area contributed by atoms with Crippen LogP contribution in [0.1, 0.15) is 38.9 Å². The van der Waals surface area contributed by atoms with Crippen LogP contribution in [0.25, 0.3) is 0 Å². The summed E-state index contributed by atoms with van der Waals surface area (Å²) in [6.45, 7) is 10.8. The number of aryl methyl sites for hydroxylation is 1. The van der Waals surface area contributed by atoms with E-state index in [9.17, 15) is 0 Å². The van der Waals surface area contributed by atoms with Gasteiger partial charge in [0.2, 0.25) is 5.13 Å². The van der Waals surface area contributed by atoms with E-state index in [4.69, 9.17) is 9.73 Å². The minimum atomic E-state index is 0. The van der Waals surface area contributed by atoms with Crippen LogP contribution in [0.2, 0.25) is 0 Å². The van der Waals surface area contributed by atoms with Gasteiger partial charge in [0.1, 0.15) is 5.82 Å². The monoisotopic (exact) mass is 508 g/mol. The minimum Gasteiger partial charge on any atom is -0.385 e. The number of nitrogens with zero attached hydrogens (tertiary/aromatic N) is 5. The maximum atomic E-state index is 5.26. The van der Waals surface area contributed by atoms with Crippen molar-refractivity contribution in [2.24, 2.45) is 10.4 Å². The molecule has 1 aromatic heterocycles. The number of aromatic nitrogens is 2. The first-order chi connectivity index (χ1) is 12.7. The fourth-order valence-corrected chi connectivity index (χ4v) is 4.08. The highest BCUT2D eigenvalue weighted by atomic mass is 127. The summed E-state index contributed by atoms with van der Waals surface area (Å²) in [6, 6.07) is 0. The molecule has 0 bridgehead atoms. The number of methoxy groups -OCH3 is 1. The second-order valence-electron chi connectivity index (χ2n) is 7.23. The molecule has 1 saturated carbocycles. The molecule has 0 unspecified atom stereocenters. The smallest absolute Gasteiger partial charge is 0.205 e. The highest BCUT2D eigenvalue weighted by molar-refractivity contribution is 14.0. The Morgan fingerprint density at radius 3 is 2.56 bits per heavy atom. The molecular weight excluding hydrogens is 475 g/mol. The summed E-state index contributed by atoms with van der Waals surface area (Å²) in [5.41, 5.74) is 0.390. The van der Waals surface area contributed by atoms with Crippen molar-refractivity contribution in [1.29, 1.82) is 0 Å². The van der Waals surface area contributed by atoms with Crippen molar-refractivity contribution < 1.29 is 4.74 Å². The van der Waals surface area contributed by atoms with Gasteiger partial charge in [0.05, 0.1) is 0 Å². The molecule has 1 N–H and O–H groups in total. The molecule has 9 heteroatoms. The molecule has 0 aromatic carbocycles. The third-order valence-corrected chi connectivity index (χ3v) is 6.13. The van der Waals surface area contributed by atoms with E-state index >= 15 is 0 Å². The Bertz CT molecular complexity index is 598. The van der Waals surface area contributed by atoms with E-state index in [0.717, 1.165) is 75.6 Å². The summed E-state index contributed by atoms with van der Waals surface area (Å²) in [7, 11) is 1.78. The van der Waals surface area contributed by atoms with Gasteiger partial charge in [0.15, 0.2) is 5.96 Å². The molecule has 2 aliphatic rings. The number of piperazine rings is 1. The van der Waals surface area contributed by atoms with Gasteiger partial charge in [-0.1, -0.05) is 6.92 Å². The summed E-state index contributed by atoms with van der Waals surface area (Å²) in [4.78, 5) is 14.3. The van der Waals surface area contributed by atoms with Gasteiger partial charge in [0, 0.05) is 70.9 Å². The number of nitrogens with one attached hydrogen (secondary N) is 1. The summed E-state index contributed by atoms with van der Waals surface area (Å²) >= 11 is 1.52. The highest BCUT2D eigenvalue weighted by Gasteiger charge is 2.42. The van der Waals surface area contributed by atoms with E-state index in [2.05, 4.69) is 38.3 Å². The Labute approximate surface area is 184 Å². The zero-order valence-electron chi connectivity index (χ0n) is 16.7. The lowest BCUT2D eigenvalue weighted by Crippen LogP contribution is -2.52. The molecule has 0 spiro atoms.